The average molecular weight is 255 g/mol. The normalized spacial score (nSPS) is 12.0. The number of amides is 1. The Morgan fingerprint density at radius 1 is 1.50 bits per heavy atom. The molecule has 1 unspecified atom stereocenters. The number of benzene rings is 1. The molecule has 1 N–H and O–H groups in total. The minimum Gasteiger partial charge on any atom is -0.484 e. The van der Waals surface area contributed by atoms with Crippen LogP contribution in [-0.4, -0.2) is 32.3 Å². The van der Waals surface area contributed by atoms with E-state index in [4.69, 9.17) is 9.47 Å². The molecule has 0 spiro atoms. The van der Waals surface area contributed by atoms with E-state index in [2.05, 4.69) is 5.32 Å². The van der Waals surface area contributed by atoms with Crippen molar-refractivity contribution in [3.8, 4) is 5.75 Å². The molecule has 1 atom stereocenters. The standard InChI is InChI=1S/C13H18FNO3/c1-9-6-11(14)4-5-12(9)18-8-13(16)15-10(2)7-17-3/h4-6,10H,7-8H2,1-3H3,(H,15,16). The highest BCUT2D eigenvalue weighted by atomic mass is 19.1. The molecule has 4 nitrogen and oxygen atoms in total. The van der Waals surface area contributed by atoms with E-state index in [1.54, 1.807) is 14.0 Å². The molecule has 0 aliphatic carbocycles. The van der Waals surface area contributed by atoms with Crippen molar-refractivity contribution in [3.05, 3.63) is 29.6 Å². The fourth-order valence-corrected chi connectivity index (χ4v) is 1.53. The van der Waals surface area contributed by atoms with Gasteiger partial charge in [0.1, 0.15) is 11.6 Å². The minimum atomic E-state index is -0.321. The van der Waals surface area contributed by atoms with Crippen LogP contribution in [-0.2, 0) is 9.53 Å². The first-order valence-corrected chi connectivity index (χ1v) is 5.70. The zero-order chi connectivity index (χ0) is 13.5. The number of ether oxygens (including phenoxy) is 2. The Labute approximate surface area is 106 Å². The van der Waals surface area contributed by atoms with Gasteiger partial charge in [-0.1, -0.05) is 0 Å². The Bertz CT molecular complexity index is 409. The highest BCUT2D eigenvalue weighted by molar-refractivity contribution is 5.77. The van der Waals surface area contributed by atoms with Gasteiger partial charge in [0.25, 0.3) is 5.91 Å². The van der Waals surface area contributed by atoms with Crippen molar-refractivity contribution in [1.29, 1.82) is 0 Å². The monoisotopic (exact) mass is 255 g/mol. The van der Waals surface area contributed by atoms with E-state index in [0.29, 0.717) is 17.9 Å². The van der Waals surface area contributed by atoms with Gasteiger partial charge >= 0.3 is 0 Å². The van der Waals surface area contributed by atoms with E-state index in [1.807, 2.05) is 6.92 Å². The molecule has 5 heteroatoms. The van der Waals surface area contributed by atoms with E-state index in [9.17, 15) is 9.18 Å². The first kappa shape index (κ1) is 14.4. The highest BCUT2D eigenvalue weighted by Crippen LogP contribution is 2.17. The summed E-state index contributed by atoms with van der Waals surface area (Å²) in [6.07, 6.45) is 0. The number of aryl methyl sites for hydroxylation is 1. The molecule has 0 heterocycles. The first-order chi connectivity index (χ1) is 8.52. The molecule has 0 aliphatic heterocycles. The smallest absolute Gasteiger partial charge is 0.258 e. The van der Waals surface area contributed by atoms with Gasteiger partial charge in [0.2, 0.25) is 0 Å². The maximum Gasteiger partial charge on any atom is 0.258 e. The molecule has 0 aromatic heterocycles. The van der Waals surface area contributed by atoms with E-state index in [-0.39, 0.29) is 24.4 Å². The number of carbonyl (C=O) groups is 1. The second-order valence-corrected chi connectivity index (χ2v) is 4.12. The molecule has 0 bridgehead atoms. The van der Waals surface area contributed by atoms with Gasteiger partial charge in [-0.3, -0.25) is 4.79 Å². The van der Waals surface area contributed by atoms with Crippen molar-refractivity contribution >= 4 is 5.91 Å². The fraction of sp³-hybridized carbons (Fsp3) is 0.462. The summed E-state index contributed by atoms with van der Waals surface area (Å²) in [4.78, 5) is 11.5. The lowest BCUT2D eigenvalue weighted by Gasteiger charge is -2.13. The zero-order valence-corrected chi connectivity index (χ0v) is 10.8. The molecule has 0 saturated carbocycles. The third-order valence-electron chi connectivity index (χ3n) is 2.32. The Kier molecular flexibility index (Phi) is 5.58. The summed E-state index contributed by atoms with van der Waals surface area (Å²) >= 11 is 0. The lowest BCUT2D eigenvalue weighted by Crippen LogP contribution is -2.38. The predicted octanol–water partition coefficient (Wildman–Crippen LogP) is 1.66. The van der Waals surface area contributed by atoms with Crippen LogP contribution < -0.4 is 10.1 Å². The van der Waals surface area contributed by atoms with Crippen molar-refractivity contribution in [1.82, 2.24) is 5.32 Å². The number of hydrogen-bond donors (Lipinski definition) is 1. The van der Waals surface area contributed by atoms with Gasteiger partial charge in [-0.2, -0.15) is 0 Å². The molecule has 0 radical (unpaired) electrons. The van der Waals surface area contributed by atoms with Crippen molar-refractivity contribution < 1.29 is 18.7 Å². The van der Waals surface area contributed by atoms with Crippen LogP contribution >= 0.6 is 0 Å². The maximum absolute atomic E-state index is 12.9. The van der Waals surface area contributed by atoms with Gasteiger partial charge in [0, 0.05) is 13.2 Å². The second-order valence-electron chi connectivity index (χ2n) is 4.12. The summed E-state index contributed by atoms with van der Waals surface area (Å²) in [6, 6.07) is 4.10. The number of halogens is 1. The van der Waals surface area contributed by atoms with Gasteiger partial charge in [-0.15, -0.1) is 0 Å². The van der Waals surface area contributed by atoms with Crippen LogP contribution in [0.3, 0.4) is 0 Å². The van der Waals surface area contributed by atoms with Crippen molar-refractivity contribution in [2.24, 2.45) is 0 Å². The Morgan fingerprint density at radius 3 is 2.83 bits per heavy atom. The van der Waals surface area contributed by atoms with Crippen molar-refractivity contribution in [3.63, 3.8) is 0 Å². The van der Waals surface area contributed by atoms with Gasteiger partial charge in [0.05, 0.1) is 6.61 Å². The Hall–Kier alpha value is -1.62. The van der Waals surface area contributed by atoms with Crippen molar-refractivity contribution in [2.75, 3.05) is 20.3 Å². The number of methoxy groups -OCH3 is 1. The van der Waals surface area contributed by atoms with Crippen LogP contribution in [0.1, 0.15) is 12.5 Å². The molecule has 1 aromatic rings. The number of nitrogens with one attached hydrogen (secondary N) is 1. The predicted molar refractivity (Wildman–Crippen MR) is 66.1 cm³/mol. The highest BCUT2D eigenvalue weighted by Gasteiger charge is 2.08. The quantitative estimate of drug-likeness (QED) is 0.841. The Morgan fingerprint density at radius 2 is 2.22 bits per heavy atom. The summed E-state index contributed by atoms with van der Waals surface area (Å²) in [7, 11) is 1.57. The van der Waals surface area contributed by atoms with Gasteiger partial charge in [-0.25, -0.2) is 4.39 Å². The van der Waals surface area contributed by atoms with E-state index in [1.165, 1.54) is 18.2 Å². The number of rotatable bonds is 6. The summed E-state index contributed by atoms with van der Waals surface area (Å²) in [6.45, 7) is 3.91. The van der Waals surface area contributed by atoms with E-state index < -0.39 is 0 Å². The summed E-state index contributed by atoms with van der Waals surface area (Å²) < 4.78 is 23.1. The molecule has 0 fully saturated rings. The lowest BCUT2D eigenvalue weighted by molar-refractivity contribution is -0.124. The minimum absolute atomic E-state index is 0.0691. The third-order valence-corrected chi connectivity index (χ3v) is 2.32. The number of hydrogen-bond acceptors (Lipinski definition) is 3. The van der Waals surface area contributed by atoms with Crippen LogP contribution in [0.2, 0.25) is 0 Å². The van der Waals surface area contributed by atoms with Crippen LogP contribution in [0.5, 0.6) is 5.75 Å². The van der Waals surface area contributed by atoms with Crippen LogP contribution in [0.25, 0.3) is 0 Å². The zero-order valence-electron chi connectivity index (χ0n) is 10.8. The summed E-state index contributed by atoms with van der Waals surface area (Å²) in [5, 5.41) is 2.72. The maximum atomic E-state index is 12.9. The van der Waals surface area contributed by atoms with Crippen LogP contribution in [0.15, 0.2) is 18.2 Å². The second kappa shape index (κ2) is 6.96. The largest absolute Gasteiger partial charge is 0.484 e. The molecule has 1 rings (SSSR count). The fourth-order valence-electron chi connectivity index (χ4n) is 1.53. The van der Waals surface area contributed by atoms with E-state index in [0.717, 1.165) is 0 Å². The molecular weight excluding hydrogens is 237 g/mol. The molecule has 1 aromatic carbocycles. The van der Waals surface area contributed by atoms with Crippen LogP contribution in [0, 0.1) is 12.7 Å². The molecular formula is C13H18FNO3. The molecule has 0 aliphatic rings. The molecule has 1 amide bonds. The summed E-state index contributed by atoms with van der Waals surface area (Å²) in [5.74, 6) is -0.0489. The summed E-state index contributed by atoms with van der Waals surface area (Å²) in [5.41, 5.74) is 0.660. The topological polar surface area (TPSA) is 47.6 Å². The average Bonchev–Trinajstić information content (AvgIpc) is 2.28. The molecule has 18 heavy (non-hydrogen) atoms. The van der Waals surface area contributed by atoms with Crippen LogP contribution in [0.4, 0.5) is 4.39 Å². The number of carbonyl (C=O) groups excluding carboxylic acids is 1. The van der Waals surface area contributed by atoms with Gasteiger partial charge < -0.3 is 14.8 Å². The van der Waals surface area contributed by atoms with Gasteiger partial charge in [0.15, 0.2) is 6.61 Å². The lowest BCUT2D eigenvalue weighted by atomic mass is 10.2. The first-order valence-electron chi connectivity index (χ1n) is 5.70. The molecule has 0 saturated heterocycles. The van der Waals surface area contributed by atoms with Crippen molar-refractivity contribution in [2.45, 2.75) is 19.9 Å². The SMILES string of the molecule is COCC(C)NC(=O)COc1ccc(F)cc1C. The van der Waals surface area contributed by atoms with E-state index >= 15 is 0 Å². The molecule has 100 valence electrons. The Balaban J connectivity index is 2.42. The van der Waals surface area contributed by atoms with Gasteiger partial charge in [-0.05, 0) is 37.6 Å². The third kappa shape index (κ3) is 4.71.